The summed E-state index contributed by atoms with van der Waals surface area (Å²) >= 11 is 0. The molecule has 5 N–H and O–H groups in total. The molecule has 0 spiro atoms. The van der Waals surface area contributed by atoms with Crippen LogP contribution in [0.2, 0.25) is 0 Å². The first-order valence-electron chi connectivity index (χ1n) is 4.28. The highest BCUT2D eigenvalue weighted by molar-refractivity contribution is 5.82. The van der Waals surface area contributed by atoms with E-state index in [0.29, 0.717) is 11.5 Å². The first-order valence-corrected chi connectivity index (χ1v) is 4.28. The lowest BCUT2D eigenvalue weighted by Gasteiger charge is -2.11. The number of nitrogens with one attached hydrogen (secondary N) is 1. The predicted octanol–water partition coefficient (Wildman–Crippen LogP) is 0.258. The van der Waals surface area contributed by atoms with Crippen molar-refractivity contribution in [2.75, 3.05) is 11.1 Å². The van der Waals surface area contributed by atoms with Gasteiger partial charge in [-0.1, -0.05) is 0 Å². The molecule has 0 saturated heterocycles. The largest absolute Gasteiger partial charge is 0.397 e. The number of nitrogen functional groups attached to an aromatic ring is 1. The normalized spacial score (nSPS) is 12.1. The molecule has 1 unspecified atom stereocenters. The number of anilines is 2. The summed E-state index contributed by atoms with van der Waals surface area (Å²) in [6.45, 7) is 3.55. The third kappa shape index (κ3) is 2.35. The Morgan fingerprint density at radius 3 is 2.79 bits per heavy atom. The number of hydrogen-bond acceptors (Lipinski definition) is 4. The number of hydrogen-bond donors (Lipinski definition) is 3. The van der Waals surface area contributed by atoms with E-state index in [1.807, 2.05) is 6.92 Å². The molecule has 0 aliphatic rings. The standard InChI is InChI=1S/C9H14N4O/c1-5-3-8(12-4-7(5)10)13-6(2)9(11)14/h3-4,6H,10H2,1-2H3,(H2,11,14)(H,12,13). The van der Waals surface area contributed by atoms with Gasteiger partial charge < -0.3 is 16.8 Å². The summed E-state index contributed by atoms with van der Waals surface area (Å²) in [6, 6.07) is 1.33. The number of aryl methyl sites for hydroxylation is 1. The second-order valence-electron chi connectivity index (χ2n) is 3.19. The van der Waals surface area contributed by atoms with Gasteiger partial charge in [0.05, 0.1) is 11.9 Å². The van der Waals surface area contributed by atoms with Gasteiger partial charge in [0.2, 0.25) is 5.91 Å². The van der Waals surface area contributed by atoms with Crippen molar-refractivity contribution in [2.45, 2.75) is 19.9 Å². The zero-order valence-electron chi connectivity index (χ0n) is 8.24. The molecule has 1 heterocycles. The maximum atomic E-state index is 10.8. The lowest BCUT2D eigenvalue weighted by Crippen LogP contribution is -2.32. The molecule has 0 radical (unpaired) electrons. The summed E-state index contributed by atoms with van der Waals surface area (Å²) < 4.78 is 0. The Morgan fingerprint density at radius 2 is 2.29 bits per heavy atom. The second-order valence-corrected chi connectivity index (χ2v) is 3.19. The number of carbonyl (C=O) groups excluding carboxylic acids is 1. The highest BCUT2D eigenvalue weighted by Crippen LogP contribution is 2.13. The molecule has 0 aromatic carbocycles. The minimum absolute atomic E-state index is 0.415. The second kappa shape index (κ2) is 3.95. The van der Waals surface area contributed by atoms with Crippen LogP contribution in [0, 0.1) is 6.92 Å². The first kappa shape index (κ1) is 10.3. The molecule has 0 aliphatic carbocycles. The van der Waals surface area contributed by atoms with E-state index in [9.17, 15) is 4.79 Å². The zero-order chi connectivity index (χ0) is 10.7. The van der Waals surface area contributed by atoms with Gasteiger partial charge in [-0.3, -0.25) is 4.79 Å². The monoisotopic (exact) mass is 194 g/mol. The Bertz CT molecular complexity index is 351. The summed E-state index contributed by atoms with van der Waals surface area (Å²) in [5.74, 6) is 0.185. The smallest absolute Gasteiger partial charge is 0.239 e. The van der Waals surface area contributed by atoms with E-state index in [1.165, 1.54) is 0 Å². The van der Waals surface area contributed by atoms with Gasteiger partial charge in [0, 0.05) is 0 Å². The van der Waals surface area contributed by atoms with Gasteiger partial charge in [-0.2, -0.15) is 0 Å². The molecular formula is C9H14N4O. The predicted molar refractivity (Wildman–Crippen MR) is 55.7 cm³/mol. The fourth-order valence-electron chi connectivity index (χ4n) is 0.938. The van der Waals surface area contributed by atoms with Crippen LogP contribution in [-0.4, -0.2) is 16.9 Å². The Kier molecular flexibility index (Phi) is 2.91. The molecule has 1 rings (SSSR count). The van der Waals surface area contributed by atoms with Crippen molar-refractivity contribution in [3.8, 4) is 0 Å². The van der Waals surface area contributed by atoms with Crippen molar-refractivity contribution in [1.82, 2.24) is 4.98 Å². The number of carbonyl (C=O) groups is 1. The van der Waals surface area contributed by atoms with Gasteiger partial charge in [0.15, 0.2) is 0 Å². The van der Waals surface area contributed by atoms with Crippen molar-refractivity contribution >= 4 is 17.4 Å². The van der Waals surface area contributed by atoms with Crippen LogP contribution in [0.5, 0.6) is 0 Å². The minimum Gasteiger partial charge on any atom is -0.397 e. The Balaban J connectivity index is 2.78. The highest BCUT2D eigenvalue weighted by Gasteiger charge is 2.08. The lowest BCUT2D eigenvalue weighted by atomic mass is 10.2. The average molecular weight is 194 g/mol. The number of primary amides is 1. The zero-order valence-corrected chi connectivity index (χ0v) is 8.24. The van der Waals surface area contributed by atoms with Gasteiger partial charge in [0.1, 0.15) is 11.9 Å². The van der Waals surface area contributed by atoms with E-state index in [4.69, 9.17) is 11.5 Å². The average Bonchev–Trinajstić information content (AvgIpc) is 2.11. The van der Waals surface area contributed by atoms with Crippen molar-refractivity contribution in [2.24, 2.45) is 5.73 Å². The Hall–Kier alpha value is -1.78. The van der Waals surface area contributed by atoms with E-state index >= 15 is 0 Å². The van der Waals surface area contributed by atoms with E-state index in [2.05, 4.69) is 10.3 Å². The van der Waals surface area contributed by atoms with Crippen LogP contribution in [0.3, 0.4) is 0 Å². The molecule has 1 amide bonds. The third-order valence-electron chi connectivity index (χ3n) is 1.94. The number of rotatable bonds is 3. The van der Waals surface area contributed by atoms with E-state index < -0.39 is 11.9 Å². The Labute approximate surface area is 82.5 Å². The molecule has 1 atom stereocenters. The molecule has 0 bridgehead atoms. The van der Waals surface area contributed by atoms with Gasteiger partial charge in [-0.05, 0) is 25.5 Å². The Morgan fingerprint density at radius 1 is 1.64 bits per heavy atom. The van der Waals surface area contributed by atoms with Gasteiger partial charge in [0.25, 0.3) is 0 Å². The molecule has 1 aromatic rings. The molecule has 1 aromatic heterocycles. The summed E-state index contributed by atoms with van der Waals surface area (Å²) in [5, 5.41) is 2.87. The van der Waals surface area contributed by atoms with Crippen LogP contribution in [-0.2, 0) is 4.79 Å². The van der Waals surface area contributed by atoms with Crippen LogP contribution < -0.4 is 16.8 Å². The van der Waals surface area contributed by atoms with Crippen LogP contribution in [0.1, 0.15) is 12.5 Å². The SMILES string of the molecule is Cc1cc(NC(C)C(N)=O)ncc1N. The number of aromatic nitrogens is 1. The quantitative estimate of drug-likeness (QED) is 0.643. The van der Waals surface area contributed by atoms with E-state index in [-0.39, 0.29) is 0 Å². The van der Waals surface area contributed by atoms with E-state index in [0.717, 1.165) is 5.56 Å². The van der Waals surface area contributed by atoms with Crippen LogP contribution in [0.15, 0.2) is 12.3 Å². The molecule has 0 aliphatic heterocycles. The third-order valence-corrected chi connectivity index (χ3v) is 1.94. The summed E-state index contributed by atoms with van der Waals surface area (Å²) in [7, 11) is 0. The first-order chi connectivity index (χ1) is 6.50. The van der Waals surface area contributed by atoms with Crippen molar-refractivity contribution < 1.29 is 4.79 Å². The number of nitrogens with two attached hydrogens (primary N) is 2. The fourth-order valence-corrected chi connectivity index (χ4v) is 0.938. The highest BCUT2D eigenvalue weighted by atomic mass is 16.1. The van der Waals surface area contributed by atoms with Gasteiger partial charge >= 0.3 is 0 Å². The maximum absolute atomic E-state index is 10.8. The van der Waals surface area contributed by atoms with Crippen LogP contribution in [0.4, 0.5) is 11.5 Å². The molecule has 5 heteroatoms. The molecule has 0 saturated carbocycles. The number of nitrogens with zero attached hydrogens (tertiary/aromatic N) is 1. The summed E-state index contributed by atoms with van der Waals surface area (Å²) in [5.41, 5.74) is 12.2. The van der Waals surface area contributed by atoms with Crippen molar-refractivity contribution in [1.29, 1.82) is 0 Å². The van der Waals surface area contributed by atoms with Crippen molar-refractivity contribution in [3.63, 3.8) is 0 Å². The lowest BCUT2D eigenvalue weighted by molar-refractivity contribution is -0.118. The number of pyridine rings is 1. The maximum Gasteiger partial charge on any atom is 0.239 e. The van der Waals surface area contributed by atoms with Crippen molar-refractivity contribution in [3.05, 3.63) is 17.8 Å². The molecule has 14 heavy (non-hydrogen) atoms. The van der Waals surface area contributed by atoms with E-state index in [1.54, 1.807) is 19.2 Å². The van der Waals surface area contributed by atoms with Gasteiger partial charge in [-0.15, -0.1) is 0 Å². The topological polar surface area (TPSA) is 94.0 Å². The fraction of sp³-hybridized carbons (Fsp3) is 0.333. The number of amides is 1. The van der Waals surface area contributed by atoms with Crippen LogP contribution in [0.25, 0.3) is 0 Å². The summed E-state index contributed by atoms with van der Waals surface area (Å²) in [4.78, 5) is 14.8. The minimum atomic E-state index is -0.439. The summed E-state index contributed by atoms with van der Waals surface area (Å²) in [6.07, 6.45) is 1.55. The van der Waals surface area contributed by atoms with Crippen LogP contribution >= 0.6 is 0 Å². The van der Waals surface area contributed by atoms with Gasteiger partial charge in [-0.25, -0.2) is 4.98 Å². The molecule has 0 fully saturated rings. The molecule has 76 valence electrons. The molecule has 5 nitrogen and oxygen atoms in total. The molecular weight excluding hydrogens is 180 g/mol.